The summed E-state index contributed by atoms with van der Waals surface area (Å²) in [6, 6.07) is 12.5. The van der Waals surface area contributed by atoms with Crippen molar-refractivity contribution < 1.29 is 9.21 Å². The van der Waals surface area contributed by atoms with E-state index >= 15 is 0 Å². The van der Waals surface area contributed by atoms with Gasteiger partial charge in [-0.2, -0.15) is 0 Å². The molecule has 3 rings (SSSR count). The molecular weight excluding hydrogens is 335 g/mol. The van der Waals surface area contributed by atoms with E-state index in [0.29, 0.717) is 28.7 Å². The Morgan fingerprint density at radius 1 is 1.09 bits per heavy atom. The van der Waals surface area contributed by atoms with E-state index in [1.165, 1.54) is 0 Å². The van der Waals surface area contributed by atoms with Crippen LogP contribution in [0.15, 0.2) is 53.1 Å². The molecule has 2 N–H and O–H groups in total. The Bertz CT molecular complexity index is 845. The highest BCUT2D eigenvalue weighted by Gasteiger charge is 2.07. The van der Waals surface area contributed by atoms with Crippen molar-refractivity contribution in [3.05, 3.63) is 64.3 Å². The maximum absolute atomic E-state index is 11.9. The third-order valence-corrected chi connectivity index (χ3v) is 4.16. The van der Waals surface area contributed by atoms with Gasteiger partial charge in [-0.25, -0.2) is 4.79 Å². The first kappa shape index (κ1) is 15.7. The molecular formula is C17H14Cl2N2O2. The number of fused-ring (bicyclic) bond motifs is 1. The zero-order valence-electron chi connectivity index (χ0n) is 12.1. The smallest absolute Gasteiger partial charge is 0.319 e. The average Bonchev–Trinajstić information content (AvgIpc) is 2.94. The van der Waals surface area contributed by atoms with Crippen LogP contribution in [0, 0.1) is 0 Å². The van der Waals surface area contributed by atoms with Gasteiger partial charge in [0.2, 0.25) is 0 Å². The molecule has 0 aliphatic carbocycles. The number of urea groups is 1. The molecule has 0 bridgehead atoms. The Hall–Kier alpha value is -2.17. The number of carbonyl (C=O) groups is 1. The van der Waals surface area contributed by atoms with Crippen LogP contribution in [0.3, 0.4) is 0 Å². The van der Waals surface area contributed by atoms with Crippen LogP contribution in [0.25, 0.3) is 11.0 Å². The van der Waals surface area contributed by atoms with Crippen molar-refractivity contribution in [2.45, 2.75) is 6.42 Å². The SMILES string of the molecule is O=C(NCCc1coc2ccccc12)Nc1ccc(Cl)c(Cl)c1. The number of benzene rings is 2. The van der Waals surface area contributed by atoms with E-state index < -0.39 is 0 Å². The first-order valence-corrected chi connectivity index (χ1v) is 7.84. The number of anilines is 1. The van der Waals surface area contributed by atoms with E-state index in [0.717, 1.165) is 16.5 Å². The monoisotopic (exact) mass is 348 g/mol. The van der Waals surface area contributed by atoms with Crippen molar-refractivity contribution in [1.29, 1.82) is 0 Å². The van der Waals surface area contributed by atoms with Crippen molar-refractivity contribution in [2.75, 3.05) is 11.9 Å². The van der Waals surface area contributed by atoms with Crippen LogP contribution >= 0.6 is 23.2 Å². The van der Waals surface area contributed by atoms with E-state index in [2.05, 4.69) is 10.6 Å². The normalized spacial score (nSPS) is 10.7. The largest absolute Gasteiger partial charge is 0.464 e. The van der Waals surface area contributed by atoms with Crippen LogP contribution in [0.4, 0.5) is 10.5 Å². The van der Waals surface area contributed by atoms with E-state index in [1.54, 1.807) is 24.5 Å². The van der Waals surface area contributed by atoms with Gasteiger partial charge in [-0.15, -0.1) is 0 Å². The molecule has 1 aromatic heterocycles. The molecule has 0 aliphatic heterocycles. The lowest BCUT2D eigenvalue weighted by Gasteiger charge is -2.08. The number of hydrogen-bond donors (Lipinski definition) is 2. The molecule has 0 radical (unpaired) electrons. The topological polar surface area (TPSA) is 54.3 Å². The summed E-state index contributed by atoms with van der Waals surface area (Å²) in [6.45, 7) is 0.497. The van der Waals surface area contributed by atoms with E-state index in [9.17, 15) is 4.79 Å². The molecule has 1 heterocycles. The summed E-state index contributed by atoms with van der Waals surface area (Å²) in [5.41, 5.74) is 2.50. The van der Waals surface area contributed by atoms with E-state index in [1.807, 2.05) is 24.3 Å². The van der Waals surface area contributed by atoms with Crippen molar-refractivity contribution >= 4 is 45.9 Å². The van der Waals surface area contributed by atoms with E-state index in [4.69, 9.17) is 27.6 Å². The van der Waals surface area contributed by atoms with Crippen LogP contribution < -0.4 is 10.6 Å². The second kappa shape index (κ2) is 6.94. The highest BCUT2D eigenvalue weighted by atomic mass is 35.5. The summed E-state index contributed by atoms with van der Waals surface area (Å²) in [4.78, 5) is 11.9. The quantitative estimate of drug-likeness (QED) is 0.688. The highest BCUT2D eigenvalue weighted by Crippen LogP contribution is 2.25. The number of rotatable bonds is 4. The fourth-order valence-corrected chi connectivity index (χ4v) is 2.58. The zero-order valence-corrected chi connectivity index (χ0v) is 13.6. The molecule has 2 aromatic carbocycles. The Balaban J connectivity index is 1.54. The predicted octanol–water partition coefficient (Wildman–Crippen LogP) is 5.10. The third-order valence-electron chi connectivity index (χ3n) is 3.42. The average molecular weight is 349 g/mol. The molecule has 2 amide bonds. The Labute approximate surface area is 143 Å². The van der Waals surface area contributed by atoms with Gasteiger partial charge in [-0.1, -0.05) is 41.4 Å². The Kier molecular flexibility index (Phi) is 4.74. The standard InChI is InChI=1S/C17H14Cl2N2O2/c18-14-6-5-12(9-15(14)19)21-17(22)20-8-7-11-10-23-16-4-2-1-3-13(11)16/h1-6,9-10H,7-8H2,(H2,20,21,22). The molecule has 4 nitrogen and oxygen atoms in total. The summed E-state index contributed by atoms with van der Waals surface area (Å²) >= 11 is 11.7. The lowest BCUT2D eigenvalue weighted by atomic mass is 10.1. The molecule has 118 valence electrons. The summed E-state index contributed by atoms with van der Waals surface area (Å²) in [5.74, 6) is 0. The van der Waals surface area contributed by atoms with Crippen molar-refractivity contribution in [3.63, 3.8) is 0 Å². The molecule has 0 fully saturated rings. The number of halogens is 2. The van der Waals surface area contributed by atoms with Crippen LogP contribution in [-0.4, -0.2) is 12.6 Å². The summed E-state index contributed by atoms with van der Waals surface area (Å²) in [5, 5.41) is 7.43. The first-order chi connectivity index (χ1) is 11.1. The Morgan fingerprint density at radius 2 is 1.91 bits per heavy atom. The van der Waals surface area contributed by atoms with Crippen molar-refractivity contribution in [3.8, 4) is 0 Å². The van der Waals surface area contributed by atoms with Crippen molar-refractivity contribution in [1.82, 2.24) is 5.32 Å². The van der Waals surface area contributed by atoms with Gasteiger partial charge < -0.3 is 15.1 Å². The fourth-order valence-electron chi connectivity index (χ4n) is 2.29. The van der Waals surface area contributed by atoms with Gasteiger partial charge in [0.15, 0.2) is 0 Å². The van der Waals surface area contributed by atoms with Crippen LogP contribution in [0.5, 0.6) is 0 Å². The van der Waals surface area contributed by atoms with Gasteiger partial charge in [-0.3, -0.25) is 0 Å². The minimum absolute atomic E-state index is 0.295. The second-order valence-electron chi connectivity index (χ2n) is 5.02. The van der Waals surface area contributed by atoms with E-state index in [-0.39, 0.29) is 6.03 Å². The number of hydrogen-bond acceptors (Lipinski definition) is 2. The first-order valence-electron chi connectivity index (χ1n) is 7.08. The molecule has 0 atom stereocenters. The Morgan fingerprint density at radius 3 is 2.74 bits per heavy atom. The molecule has 6 heteroatoms. The maximum atomic E-state index is 11.9. The lowest BCUT2D eigenvalue weighted by molar-refractivity contribution is 0.252. The summed E-state index contributed by atoms with van der Waals surface area (Å²) in [7, 11) is 0. The zero-order chi connectivity index (χ0) is 16.2. The summed E-state index contributed by atoms with van der Waals surface area (Å²) < 4.78 is 5.47. The molecule has 0 saturated heterocycles. The molecule has 0 aliphatic rings. The molecule has 23 heavy (non-hydrogen) atoms. The van der Waals surface area contributed by atoms with Crippen LogP contribution in [0.2, 0.25) is 10.0 Å². The fraction of sp³-hybridized carbons (Fsp3) is 0.118. The number of para-hydroxylation sites is 1. The van der Waals surface area contributed by atoms with Gasteiger partial charge in [-0.05, 0) is 36.2 Å². The molecule has 0 spiro atoms. The third kappa shape index (κ3) is 3.78. The maximum Gasteiger partial charge on any atom is 0.319 e. The number of amides is 2. The van der Waals surface area contributed by atoms with Gasteiger partial charge in [0.1, 0.15) is 5.58 Å². The molecule has 0 saturated carbocycles. The minimum atomic E-state index is -0.295. The second-order valence-corrected chi connectivity index (χ2v) is 5.83. The van der Waals surface area contributed by atoms with Crippen LogP contribution in [-0.2, 0) is 6.42 Å². The molecule has 3 aromatic rings. The van der Waals surface area contributed by atoms with Gasteiger partial charge >= 0.3 is 6.03 Å². The van der Waals surface area contributed by atoms with Gasteiger partial charge in [0.05, 0.1) is 16.3 Å². The van der Waals surface area contributed by atoms with Crippen LogP contribution in [0.1, 0.15) is 5.56 Å². The molecule has 0 unspecified atom stereocenters. The number of carbonyl (C=O) groups excluding carboxylic acids is 1. The number of furan rings is 1. The highest BCUT2D eigenvalue weighted by molar-refractivity contribution is 6.42. The number of nitrogens with one attached hydrogen (secondary N) is 2. The van der Waals surface area contributed by atoms with Crippen molar-refractivity contribution in [2.24, 2.45) is 0 Å². The summed E-state index contributed by atoms with van der Waals surface area (Å²) in [6.07, 6.45) is 2.41. The predicted molar refractivity (Wildman–Crippen MR) is 93.4 cm³/mol. The van der Waals surface area contributed by atoms with Gasteiger partial charge in [0, 0.05) is 17.6 Å². The van der Waals surface area contributed by atoms with Gasteiger partial charge in [0.25, 0.3) is 0 Å². The minimum Gasteiger partial charge on any atom is -0.464 e. The lowest BCUT2D eigenvalue weighted by Crippen LogP contribution is -2.30.